The van der Waals surface area contributed by atoms with Crippen LogP contribution < -0.4 is 11.1 Å². The predicted octanol–water partition coefficient (Wildman–Crippen LogP) is 5.20. The summed E-state index contributed by atoms with van der Waals surface area (Å²) in [5, 5.41) is 8.30. The number of carbonyl (C=O) groups excluding carboxylic acids is 2. The van der Waals surface area contributed by atoms with Crippen molar-refractivity contribution in [2.45, 2.75) is 12.5 Å². The number of amides is 2. The molecule has 2 amide bonds. The van der Waals surface area contributed by atoms with E-state index in [1.165, 1.54) is 13.1 Å². The number of likely N-dealkylation sites (N-methyl/N-ethyl adjacent to an activating group) is 1. The second-order valence-corrected chi connectivity index (χ2v) is 11.1. The van der Waals surface area contributed by atoms with Crippen LogP contribution in [0, 0.1) is 0 Å². The molecule has 4 aromatic rings. The van der Waals surface area contributed by atoms with Crippen LogP contribution in [0.25, 0.3) is 16.8 Å². The van der Waals surface area contributed by atoms with Gasteiger partial charge in [0.25, 0.3) is 5.91 Å². The number of nitrogens with zero attached hydrogens (tertiary/aromatic N) is 6. The summed E-state index contributed by atoms with van der Waals surface area (Å²) in [5.74, 6) is -0.292. The molecular formula is C35H39ClN8O2. The van der Waals surface area contributed by atoms with Gasteiger partial charge in [-0.05, 0) is 88.9 Å². The molecular weight excluding hydrogens is 600 g/mol. The maximum absolute atomic E-state index is 13.4. The molecule has 1 saturated heterocycles. The number of hydrogen-bond donors (Lipinski definition) is 2. The number of anilines is 1. The van der Waals surface area contributed by atoms with Gasteiger partial charge in [-0.25, -0.2) is 4.52 Å². The molecule has 0 aliphatic carbocycles. The first-order valence-corrected chi connectivity index (χ1v) is 15.2. The van der Waals surface area contributed by atoms with E-state index in [0.29, 0.717) is 48.0 Å². The van der Waals surface area contributed by atoms with E-state index in [1.807, 2.05) is 83.1 Å². The molecule has 11 heteroatoms. The number of rotatable bonds is 10. The molecule has 1 unspecified atom stereocenters. The van der Waals surface area contributed by atoms with Crippen molar-refractivity contribution in [1.82, 2.24) is 19.4 Å². The van der Waals surface area contributed by atoms with E-state index in [1.54, 1.807) is 36.5 Å². The Bertz CT molecular complexity index is 1760. The third kappa shape index (κ3) is 8.63. The summed E-state index contributed by atoms with van der Waals surface area (Å²) in [6, 6.07) is 20.3. The number of likely N-dealkylation sites (tertiary alicyclic amines) is 1. The molecule has 0 saturated carbocycles. The quantitative estimate of drug-likeness (QED) is 0.183. The minimum atomic E-state index is -0.215. The lowest BCUT2D eigenvalue weighted by Crippen LogP contribution is -2.29. The fourth-order valence-electron chi connectivity index (χ4n) is 5.06. The monoisotopic (exact) mass is 638 g/mol. The molecule has 0 radical (unpaired) electrons. The minimum absolute atomic E-state index is 0.0769. The Morgan fingerprint density at radius 2 is 1.89 bits per heavy atom. The number of allylic oxidation sites excluding steroid dienone is 1. The van der Waals surface area contributed by atoms with Crippen molar-refractivity contribution in [2.75, 3.05) is 46.1 Å². The van der Waals surface area contributed by atoms with E-state index in [0.717, 1.165) is 22.3 Å². The van der Waals surface area contributed by atoms with Gasteiger partial charge in [-0.15, -0.1) is 0 Å². The van der Waals surface area contributed by atoms with E-state index in [-0.39, 0.29) is 17.9 Å². The molecule has 1 fully saturated rings. The van der Waals surface area contributed by atoms with E-state index in [2.05, 4.69) is 22.8 Å². The van der Waals surface area contributed by atoms with E-state index < -0.39 is 0 Å². The smallest absolute Gasteiger partial charge is 0.253 e. The van der Waals surface area contributed by atoms with Crippen molar-refractivity contribution in [2.24, 2.45) is 15.7 Å². The van der Waals surface area contributed by atoms with Gasteiger partial charge in [0.1, 0.15) is 5.69 Å². The number of hydrogen-bond acceptors (Lipinski definition) is 7. The van der Waals surface area contributed by atoms with E-state index in [4.69, 9.17) is 21.7 Å². The second kappa shape index (κ2) is 16.4. The lowest BCUT2D eigenvalue weighted by molar-refractivity contribution is -0.111. The highest BCUT2D eigenvalue weighted by molar-refractivity contribution is 6.31. The Hall–Kier alpha value is -4.90. The zero-order valence-corrected chi connectivity index (χ0v) is 27.1. The first-order chi connectivity index (χ1) is 22.3. The summed E-state index contributed by atoms with van der Waals surface area (Å²) in [5.41, 5.74) is 9.74. The normalized spacial score (nSPS) is 15.0. The van der Waals surface area contributed by atoms with Gasteiger partial charge in [-0.1, -0.05) is 35.9 Å². The van der Waals surface area contributed by atoms with Crippen LogP contribution in [0.4, 0.5) is 5.69 Å². The highest BCUT2D eigenvalue weighted by Gasteiger charge is 2.28. The zero-order valence-electron chi connectivity index (χ0n) is 26.3. The Labute approximate surface area is 274 Å². The molecule has 10 nitrogen and oxygen atoms in total. The van der Waals surface area contributed by atoms with Crippen LogP contribution >= 0.6 is 11.6 Å². The molecule has 238 valence electrons. The molecule has 1 aliphatic rings. The summed E-state index contributed by atoms with van der Waals surface area (Å²) >= 11 is 6.34. The van der Waals surface area contributed by atoms with Crippen molar-refractivity contribution < 1.29 is 9.59 Å². The number of aliphatic imine (C=N–C) groups is 2. The number of nitrogens with one attached hydrogen (secondary N) is 1. The SMILES string of the molecule is C=N/C=C\C(=NC1CCN(C(=O)c2ccc(NC(=O)/C=C/CN(C)C)cc2)C1)c1c(-c2cccc(Cl)c2)nn2ccccc12.CN. The summed E-state index contributed by atoms with van der Waals surface area (Å²) in [6.07, 6.45) is 9.35. The lowest BCUT2D eigenvalue weighted by Gasteiger charge is -2.16. The Balaban J connectivity index is 0.00000235. The van der Waals surface area contributed by atoms with Gasteiger partial charge in [-0.3, -0.25) is 19.6 Å². The molecule has 1 aliphatic heterocycles. The summed E-state index contributed by atoms with van der Waals surface area (Å²) < 4.78 is 1.83. The van der Waals surface area contributed by atoms with Crippen LogP contribution in [0.1, 0.15) is 22.3 Å². The number of aromatic nitrogens is 2. The van der Waals surface area contributed by atoms with Gasteiger partial charge in [0.15, 0.2) is 0 Å². The van der Waals surface area contributed by atoms with Crippen molar-refractivity contribution in [1.29, 1.82) is 0 Å². The van der Waals surface area contributed by atoms with Gasteiger partial charge in [0.05, 0.1) is 22.8 Å². The fraction of sp³-hybridized carbons (Fsp3) is 0.229. The molecule has 2 aromatic carbocycles. The summed E-state index contributed by atoms with van der Waals surface area (Å²) in [4.78, 5) is 38.4. The van der Waals surface area contributed by atoms with Gasteiger partial charge in [0.2, 0.25) is 5.91 Å². The Kier molecular flexibility index (Phi) is 12.1. The summed E-state index contributed by atoms with van der Waals surface area (Å²) in [7, 11) is 5.37. The minimum Gasteiger partial charge on any atom is -0.336 e. The molecule has 0 bridgehead atoms. The molecule has 1 atom stereocenters. The Morgan fingerprint density at radius 1 is 1.11 bits per heavy atom. The Morgan fingerprint density at radius 3 is 2.61 bits per heavy atom. The van der Waals surface area contributed by atoms with E-state index >= 15 is 0 Å². The van der Waals surface area contributed by atoms with Crippen LogP contribution in [-0.4, -0.2) is 90.5 Å². The topological polar surface area (TPSA) is 121 Å². The number of benzene rings is 2. The fourth-order valence-corrected chi connectivity index (χ4v) is 5.26. The number of nitrogens with two attached hydrogens (primary N) is 1. The van der Waals surface area contributed by atoms with Gasteiger partial charge in [0, 0.05) is 59.9 Å². The van der Waals surface area contributed by atoms with Crippen molar-refractivity contribution in [3.63, 3.8) is 0 Å². The first kappa shape index (κ1) is 34.0. The van der Waals surface area contributed by atoms with Gasteiger partial charge in [-0.2, -0.15) is 5.10 Å². The highest BCUT2D eigenvalue weighted by Crippen LogP contribution is 2.30. The van der Waals surface area contributed by atoms with Gasteiger partial charge >= 0.3 is 0 Å². The first-order valence-electron chi connectivity index (χ1n) is 14.9. The number of carbonyl (C=O) groups is 2. The third-order valence-corrected chi connectivity index (χ3v) is 7.38. The highest BCUT2D eigenvalue weighted by atomic mass is 35.5. The van der Waals surface area contributed by atoms with Crippen LogP contribution in [0.5, 0.6) is 0 Å². The maximum atomic E-state index is 13.4. The number of pyridine rings is 1. The second-order valence-electron chi connectivity index (χ2n) is 10.7. The predicted molar refractivity (Wildman–Crippen MR) is 188 cm³/mol. The van der Waals surface area contributed by atoms with Crippen LogP contribution in [0.15, 0.2) is 107 Å². The van der Waals surface area contributed by atoms with Crippen molar-refractivity contribution >= 4 is 47.0 Å². The maximum Gasteiger partial charge on any atom is 0.253 e. The average molecular weight is 639 g/mol. The molecule has 3 N–H and O–H groups in total. The van der Waals surface area contributed by atoms with Crippen LogP contribution in [0.3, 0.4) is 0 Å². The molecule has 2 aromatic heterocycles. The van der Waals surface area contributed by atoms with Crippen LogP contribution in [0.2, 0.25) is 5.02 Å². The third-order valence-electron chi connectivity index (χ3n) is 7.14. The number of halogens is 1. The number of fused-ring (bicyclic) bond motifs is 1. The molecule has 0 spiro atoms. The molecule has 5 rings (SSSR count). The standard InChI is InChI=1S/C34H34ClN7O2.CH5N/c1-36-18-16-29(32-30-10-4-5-20-42(30)39-33(32)25-8-6-9-26(35)22-25)37-28-17-21-41(23-28)34(44)24-12-14-27(15-13-24)38-31(43)11-7-19-40(2)3;1-2/h4-16,18,20,22,28H,1,17,19,21,23H2,2-3H3,(H,38,43);2H2,1H3/b11-7+,18-16-,37-29?;. The van der Waals surface area contributed by atoms with Crippen molar-refractivity contribution in [3.8, 4) is 11.3 Å². The van der Waals surface area contributed by atoms with Crippen molar-refractivity contribution in [3.05, 3.63) is 114 Å². The lowest BCUT2D eigenvalue weighted by atomic mass is 10.0. The van der Waals surface area contributed by atoms with Crippen LogP contribution in [-0.2, 0) is 4.79 Å². The largest absolute Gasteiger partial charge is 0.336 e. The molecule has 46 heavy (non-hydrogen) atoms. The van der Waals surface area contributed by atoms with E-state index in [9.17, 15) is 9.59 Å². The summed E-state index contributed by atoms with van der Waals surface area (Å²) in [6.45, 7) is 5.32. The average Bonchev–Trinajstić information content (AvgIpc) is 3.69. The molecule has 3 heterocycles. The zero-order chi connectivity index (χ0) is 33.1. The van der Waals surface area contributed by atoms with Gasteiger partial charge < -0.3 is 20.9 Å².